The standard InChI is InChI=1S/C9H10N2O/c10-9(12)8-5-7(8)6-1-3-11-4-2-6/h1-4,7-8H,5H2,(H2,10,12). The molecule has 1 heterocycles. The van der Waals surface area contributed by atoms with Crippen LogP contribution in [0.3, 0.4) is 0 Å². The van der Waals surface area contributed by atoms with E-state index in [-0.39, 0.29) is 11.8 Å². The lowest BCUT2D eigenvalue weighted by molar-refractivity contribution is -0.119. The Kier molecular flexibility index (Phi) is 1.57. The molecule has 1 aliphatic rings. The summed E-state index contributed by atoms with van der Waals surface area (Å²) < 4.78 is 0. The second-order valence-electron chi connectivity index (χ2n) is 3.13. The average Bonchev–Trinajstić information content (AvgIpc) is 2.84. The zero-order valence-electron chi connectivity index (χ0n) is 6.60. The molecular formula is C9H10N2O. The predicted octanol–water partition coefficient (Wildman–Crippen LogP) is 0.670. The first-order valence-corrected chi connectivity index (χ1v) is 3.98. The van der Waals surface area contributed by atoms with Gasteiger partial charge in [-0.2, -0.15) is 0 Å². The summed E-state index contributed by atoms with van der Waals surface area (Å²) in [5.41, 5.74) is 6.35. The molecule has 0 spiro atoms. The van der Waals surface area contributed by atoms with Gasteiger partial charge in [-0.15, -0.1) is 0 Å². The van der Waals surface area contributed by atoms with Crippen LogP contribution < -0.4 is 5.73 Å². The van der Waals surface area contributed by atoms with Crippen LogP contribution >= 0.6 is 0 Å². The summed E-state index contributed by atoms with van der Waals surface area (Å²) in [6.07, 6.45) is 4.39. The minimum absolute atomic E-state index is 0.0624. The number of carbonyl (C=O) groups is 1. The Labute approximate surface area is 70.6 Å². The van der Waals surface area contributed by atoms with E-state index in [0.717, 1.165) is 6.42 Å². The summed E-state index contributed by atoms with van der Waals surface area (Å²) in [6.45, 7) is 0. The highest BCUT2D eigenvalue weighted by molar-refractivity contribution is 5.81. The molecule has 0 saturated heterocycles. The SMILES string of the molecule is NC(=O)C1CC1c1ccncc1. The number of amides is 1. The molecule has 2 rings (SSSR count). The molecule has 1 aromatic heterocycles. The van der Waals surface area contributed by atoms with Crippen molar-refractivity contribution < 1.29 is 4.79 Å². The first-order valence-electron chi connectivity index (χ1n) is 3.98. The quantitative estimate of drug-likeness (QED) is 0.694. The van der Waals surface area contributed by atoms with Gasteiger partial charge in [0, 0.05) is 18.3 Å². The molecule has 62 valence electrons. The molecule has 0 radical (unpaired) electrons. The summed E-state index contributed by atoms with van der Waals surface area (Å²) in [6, 6.07) is 3.88. The first kappa shape index (κ1) is 7.28. The van der Waals surface area contributed by atoms with Crippen molar-refractivity contribution in [2.75, 3.05) is 0 Å². The maximum atomic E-state index is 10.8. The van der Waals surface area contributed by atoms with Crippen LogP contribution in [0.5, 0.6) is 0 Å². The number of primary amides is 1. The van der Waals surface area contributed by atoms with Crippen LogP contribution in [-0.4, -0.2) is 10.9 Å². The largest absolute Gasteiger partial charge is 0.369 e. The third-order valence-corrected chi connectivity index (χ3v) is 2.29. The Morgan fingerprint density at radius 1 is 1.50 bits per heavy atom. The van der Waals surface area contributed by atoms with E-state index in [4.69, 9.17) is 5.73 Å². The zero-order valence-corrected chi connectivity index (χ0v) is 6.60. The lowest BCUT2D eigenvalue weighted by atomic mass is 10.1. The highest BCUT2D eigenvalue weighted by atomic mass is 16.1. The van der Waals surface area contributed by atoms with E-state index in [9.17, 15) is 4.79 Å². The van der Waals surface area contributed by atoms with Gasteiger partial charge in [0.25, 0.3) is 0 Å². The van der Waals surface area contributed by atoms with E-state index < -0.39 is 0 Å². The number of hydrogen-bond acceptors (Lipinski definition) is 2. The van der Waals surface area contributed by atoms with Crippen LogP contribution in [0.15, 0.2) is 24.5 Å². The van der Waals surface area contributed by atoms with Gasteiger partial charge in [-0.3, -0.25) is 9.78 Å². The second kappa shape index (κ2) is 2.59. The smallest absolute Gasteiger partial charge is 0.221 e. The normalized spacial score (nSPS) is 26.7. The summed E-state index contributed by atoms with van der Waals surface area (Å²) in [7, 11) is 0. The third-order valence-electron chi connectivity index (χ3n) is 2.29. The van der Waals surface area contributed by atoms with E-state index in [1.165, 1.54) is 5.56 Å². The lowest BCUT2D eigenvalue weighted by Crippen LogP contribution is -2.13. The minimum Gasteiger partial charge on any atom is -0.369 e. The number of pyridine rings is 1. The van der Waals surface area contributed by atoms with E-state index in [1.807, 2.05) is 12.1 Å². The number of nitrogens with zero attached hydrogens (tertiary/aromatic N) is 1. The molecule has 0 bridgehead atoms. The highest BCUT2D eigenvalue weighted by Crippen LogP contribution is 2.46. The summed E-state index contributed by atoms with van der Waals surface area (Å²) in [5.74, 6) is 0.231. The number of rotatable bonds is 2. The first-order chi connectivity index (χ1) is 5.79. The fraction of sp³-hybridized carbons (Fsp3) is 0.333. The molecule has 3 nitrogen and oxygen atoms in total. The lowest BCUT2D eigenvalue weighted by Gasteiger charge is -1.95. The molecule has 2 unspecified atom stereocenters. The summed E-state index contributed by atoms with van der Waals surface area (Å²) in [4.78, 5) is 14.7. The molecule has 12 heavy (non-hydrogen) atoms. The Morgan fingerprint density at radius 3 is 2.67 bits per heavy atom. The van der Waals surface area contributed by atoms with Crippen molar-refractivity contribution >= 4 is 5.91 Å². The molecule has 3 heteroatoms. The van der Waals surface area contributed by atoms with Gasteiger partial charge in [0.15, 0.2) is 0 Å². The van der Waals surface area contributed by atoms with Crippen LogP contribution in [0, 0.1) is 5.92 Å². The van der Waals surface area contributed by atoms with Crippen molar-refractivity contribution in [1.29, 1.82) is 0 Å². The predicted molar refractivity (Wildman–Crippen MR) is 44.3 cm³/mol. The monoisotopic (exact) mass is 162 g/mol. The fourth-order valence-corrected chi connectivity index (χ4v) is 1.49. The molecule has 2 atom stereocenters. The van der Waals surface area contributed by atoms with Crippen molar-refractivity contribution in [3.05, 3.63) is 30.1 Å². The van der Waals surface area contributed by atoms with Crippen molar-refractivity contribution in [2.24, 2.45) is 11.7 Å². The molecule has 1 amide bonds. The minimum atomic E-state index is -0.184. The Hall–Kier alpha value is -1.38. The fourth-order valence-electron chi connectivity index (χ4n) is 1.49. The van der Waals surface area contributed by atoms with Crippen LogP contribution in [0.1, 0.15) is 17.9 Å². The third kappa shape index (κ3) is 1.18. The molecule has 0 aromatic carbocycles. The van der Waals surface area contributed by atoms with Crippen LogP contribution in [-0.2, 0) is 4.79 Å². The molecule has 2 N–H and O–H groups in total. The van der Waals surface area contributed by atoms with Crippen molar-refractivity contribution in [3.63, 3.8) is 0 Å². The van der Waals surface area contributed by atoms with Gasteiger partial charge in [-0.25, -0.2) is 0 Å². The summed E-state index contributed by atoms with van der Waals surface area (Å²) in [5, 5.41) is 0. The average molecular weight is 162 g/mol. The number of hydrogen-bond donors (Lipinski definition) is 1. The molecule has 1 aromatic rings. The van der Waals surface area contributed by atoms with Crippen LogP contribution in [0.4, 0.5) is 0 Å². The Bertz CT molecular complexity index is 297. The maximum Gasteiger partial charge on any atom is 0.221 e. The molecule has 1 saturated carbocycles. The van der Waals surface area contributed by atoms with Gasteiger partial charge >= 0.3 is 0 Å². The van der Waals surface area contributed by atoms with Gasteiger partial charge in [0.2, 0.25) is 5.91 Å². The number of aromatic nitrogens is 1. The molecule has 1 fully saturated rings. The van der Waals surface area contributed by atoms with Gasteiger partial charge in [0.1, 0.15) is 0 Å². The maximum absolute atomic E-state index is 10.8. The van der Waals surface area contributed by atoms with Gasteiger partial charge in [-0.1, -0.05) is 0 Å². The van der Waals surface area contributed by atoms with E-state index >= 15 is 0 Å². The highest BCUT2D eigenvalue weighted by Gasteiger charge is 2.42. The van der Waals surface area contributed by atoms with Crippen molar-refractivity contribution in [1.82, 2.24) is 4.98 Å². The Balaban J connectivity index is 2.11. The van der Waals surface area contributed by atoms with Gasteiger partial charge in [-0.05, 0) is 30.0 Å². The van der Waals surface area contributed by atoms with E-state index in [0.29, 0.717) is 5.92 Å². The number of nitrogens with two attached hydrogens (primary N) is 1. The molecular weight excluding hydrogens is 152 g/mol. The topological polar surface area (TPSA) is 56.0 Å². The van der Waals surface area contributed by atoms with E-state index in [1.54, 1.807) is 12.4 Å². The van der Waals surface area contributed by atoms with Crippen molar-refractivity contribution in [3.8, 4) is 0 Å². The molecule has 1 aliphatic carbocycles. The summed E-state index contributed by atoms with van der Waals surface area (Å²) >= 11 is 0. The van der Waals surface area contributed by atoms with Crippen LogP contribution in [0.25, 0.3) is 0 Å². The number of carbonyl (C=O) groups excluding carboxylic acids is 1. The van der Waals surface area contributed by atoms with Gasteiger partial charge < -0.3 is 5.73 Å². The van der Waals surface area contributed by atoms with Crippen LogP contribution in [0.2, 0.25) is 0 Å². The van der Waals surface area contributed by atoms with Gasteiger partial charge in [0.05, 0.1) is 0 Å². The second-order valence-corrected chi connectivity index (χ2v) is 3.13. The Morgan fingerprint density at radius 2 is 2.17 bits per heavy atom. The zero-order chi connectivity index (χ0) is 8.55. The van der Waals surface area contributed by atoms with E-state index in [2.05, 4.69) is 4.98 Å². The van der Waals surface area contributed by atoms with Crippen molar-refractivity contribution in [2.45, 2.75) is 12.3 Å². The molecule has 0 aliphatic heterocycles.